The van der Waals surface area contributed by atoms with Gasteiger partial charge in [0, 0.05) is 12.6 Å². The molecule has 0 amide bonds. The van der Waals surface area contributed by atoms with Crippen molar-refractivity contribution in [1.82, 2.24) is 4.90 Å². The molecule has 1 atom stereocenters. The largest absolute Gasteiger partial charge is 0.329 e. The fourth-order valence-electron chi connectivity index (χ4n) is 1.28. The van der Waals surface area contributed by atoms with Crippen LogP contribution in [0.3, 0.4) is 0 Å². The summed E-state index contributed by atoms with van der Waals surface area (Å²) in [5.41, 5.74) is 5.48. The molecule has 1 saturated heterocycles. The van der Waals surface area contributed by atoms with Gasteiger partial charge in [-0.3, -0.25) is 0 Å². The first-order chi connectivity index (χ1) is 3.84. The summed E-state index contributed by atoms with van der Waals surface area (Å²) in [5, 5.41) is 0. The number of nitrogens with two attached hydrogens (primary N) is 1. The van der Waals surface area contributed by atoms with Crippen LogP contribution >= 0.6 is 0 Å². The van der Waals surface area contributed by atoms with Crippen molar-refractivity contribution in [2.24, 2.45) is 5.73 Å². The Labute approximate surface area is 50.7 Å². The molecule has 0 bridgehead atoms. The molecular formula is C6H14N2. The maximum Gasteiger partial charge on any atom is 0.0215 e. The van der Waals surface area contributed by atoms with Crippen LogP contribution < -0.4 is 5.73 Å². The van der Waals surface area contributed by atoms with Gasteiger partial charge in [0.25, 0.3) is 0 Å². The van der Waals surface area contributed by atoms with E-state index < -0.39 is 0 Å². The molecule has 0 saturated carbocycles. The first kappa shape index (κ1) is 6.05. The number of rotatable bonds is 1. The second-order valence-electron chi connectivity index (χ2n) is 2.51. The summed E-state index contributed by atoms with van der Waals surface area (Å²) in [6.45, 7) is 2.07. The molecule has 0 aliphatic carbocycles. The van der Waals surface area contributed by atoms with E-state index in [0.29, 0.717) is 6.04 Å². The van der Waals surface area contributed by atoms with Crippen molar-refractivity contribution in [1.29, 1.82) is 0 Å². The monoisotopic (exact) mass is 114 g/mol. The van der Waals surface area contributed by atoms with Crippen molar-refractivity contribution >= 4 is 0 Å². The molecule has 2 N–H and O–H groups in total. The summed E-state index contributed by atoms with van der Waals surface area (Å²) in [5.74, 6) is 0. The van der Waals surface area contributed by atoms with Crippen LogP contribution in [-0.4, -0.2) is 31.1 Å². The van der Waals surface area contributed by atoms with Crippen molar-refractivity contribution in [3.05, 3.63) is 0 Å². The Bertz CT molecular complexity index is 72.9. The molecule has 0 unspecified atom stereocenters. The minimum atomic E-state index is 0.676. The number of nitrogens with zero attached hydrogens (tertiary/aromatic N) is 1. The first-order valence-corrected chi connectivity index (χ1v) is 3.25. The Hall–Kier alpha value is -0.0800. The second kappa shape index (κ2) is 2.46. The van der Waals surface area contributed by atoms with Crippen LogP contribution in [0.15, 0.2) is 0 Å². The van der Waals surface area contributed by atoms with E-state index in [1.54, 1.807) is 0 Å². The van der Waals surface area contributed by atoms with Gasteiger partial charge in [-0.2, -0.15) is 0 Å². The van der Waals surface area contributed by atoms with Gasteiger partial charge < -0.3 is 10.6 Å². The first-order valence-electron chi connectivity index (χ1n) is 3.25. The highest BCUT2D eigenvalue weighted by atomic mass is 15.2. The van der Waals surface area contributed by atoms with E-state index in [-0.39, 0.29) is 0 Å². The molecule has 2 nitrogen and oxygen atoms in total. The Kier molecular flexibility index (Phi) is 1.86. The van der Waals surface area contributed by atoms with E-state index in [1.807, 2.05) is 0 Å². The third kappa shape index (κ3) is 1.01. The van der Waals surface area contributed by atoms with E-state index in [2.05, 4.69) is 11.9 Å². The fraction of sp³-hybridized carbons (Fsp3) is 1.00. The van der Waals surface area contributed by atoms with Gasteiger partial charge in [0.2, 0.25) is 0 Å². The number of likely N-dealkylation sites (N-methyl/N-ethyl adjacent to an activating group) is 1. The lowest BCUT2D eigenvalue weighted by molar-refractivity contribution is 0.317. The second-order valence-corrected chi connectivity index (χ2v) is 2.51. The smallest absolute Gasteiger partial charge is 0.0215 e. The summed E-state index contributed by atoms with van der Waals surface area (Å²) in [7, 11) is 2.14. The summed E-state index contributed by atoms with van der Waals surface area (Å²) >= 11 is 0. The molecule has 0 aromatic carbocycles. The van der Waals surface area contributed by atoms with Crippen LogP contribution in [0.25, 0.3) is 0 Å². The average Bonchev–Trinajstić information content (AvgIpc) is 2.14. The minimum absolute atomic E-state index is 0.676. The van der Waals surface area contributed by atoms with Gasteiger partial charge in [-0.1, -0.05) is 0 Å². The molecule has 0 spiro atoms. The summed E-state index contributed by atoms with van der Waals surface area (Å²) in [4.78, 5) is 2.33. The van der Waals surface area contributed by atoms with Crippen molar-refractivity contribution in [3.8, 4) is 0 Å². The van der Waals surface area contributed by atoms with Crippen molar-refractivity contribution in [3.63, 3.8) is 0 Å². The topological polar surface area (TPSA) is 29.3 Å². The molecule has 0 aromatic heterocycles. The average molecular weight is 114 g/mol. The Balaban J connectivity index is 2.30. The number of hydrogen-bond acceptors (Lipinski definition) is 2. The minimum Gasteiger partial charge on any atom is -0.329 e. The van der Waals surface area contributed by atoms with Gasteiger partial charge in [0.1, 0.15) is 0 Å². The predicted molar refractivity (Wildman–Crippen MR) is 34.7 cm³/mol. The third-order valence-electron chi connectivity index (χ3n) is 1.94. The molecule has 48 valence electrons. The van der Waals surface area contributed by atoms with Crippen LogP contribution in [0.5, 0.6) is 0 Å². The van der Waals surface area contributed by atoms with Crippen LogP contribution in [-0.2, 0) is 0 Å². The van der Waals surface area contributed by atoms with Crippen molar-refractivity contribution in [2.45, 2.75) is 18.9 Å². The van der Waals surface area contributed by atoms with Gasteiger partial charge in [0.15, 0.2) is 0 Å². The maximum absolute atomic E-state index is 5.48. The molecule has 1 rings (SSSR count). The van der Waals surface area contributed by atoms with E-state index in [1.165, 1.54) is 19.4 Å². The highest BCUT2D eigenvalue weighted by molar-refractivity contribution is 4.76. The zero-order valence-electron chi connectivity index (χ0n) is 5.43. The predicted octanol–water partition coefficient (Wildman–Crippen LogP) is 0.0393. The van der Waals surface area contributed by atoms with Crippen LogP contribution in [0, 0.1) is 0 Å². The third-order valence-corrected chi connectivity index (χ3v) is 1.94. The molecule has 0 aromatic rings. The molecule has 1 aliphatic heterocycles. The molecule has 8 heavy (non-hydrogen) atoms. The quantitative estimate of drug-likeness (QED) is 0.521. The highest BCUT2D eigenvalue weighted by Crippen LogP contribution is 2.12. The molecule has 1 aliphatic rings. The van der Waals surface area contributed by atoms with Crippen LogP contribution in [0.4, 0.5) is 0 Å². The number of hydrogen-bond donors (Lipinski definition) is 1. The van der Waals surface area contributed by atoms with Gasteiger partial charge in [-0.05, 0) is 26.4 Å². The lowest BCUT2D eigenvalue weighted by Gasteiger charge is -2.15. The van der Waals surface area contributed by atoms with Gasteiger partial charge in [-0.25, -0.2) is 0 Å². The van der Waals surface area contributed by atoms with Crippen molar-refractivity contribution < 1.29 is 0 Å². The normalized spacial score (nSPS) is 31.5. The Morgan fingerprint density at radius 1 is 1.75 bits per heavy atom. The molecule has 0 radical (unpaired) electrons. The summed E-state index contributed by atoms with van der Waals surface area (Å²) in [6.07, 6.45) is 2.63. The van der Waals surface area contributed by atoms with E-state index in [9.17, 15) is 0 Å². The van der Waals surface area contributed by atoms with Gasteiger partial charge in [0.05, 0.1) is 0 Å². The molecule has 1 fully saturated rings. The highest BCUT2D eigenvalue weighted by Gasteiger charge is 2.17. The van der Waals surface area contributed by atoms with Gasteiger partial charge in [-0.15, -0.1) is 0 Å². The standard InChI is InChI=1S/C6H14N2/c1-8-4-2-3-6(8)5-7/h6H,2-5,7H2,1H3/t6-/m1/s1. The molecule has 1 heterocycles. The zero-order chi connectivity index (χ0) is 5.98. The Morgan fingerprint density at radius 2 is 2.50 bits per heavy atom. The van der Waals surface area contributed by atoms with Gasteiger partial charge >= 0.3 is 0 Å². The lowest BCUT2D eigenvalue weighted by atomic mass is 10.2. The lowest BCUT2D eigenvalue weighted by Crippen LogP contribution is -2.31. The fourth-order valence-corrected chi connectivity index (χ4v) is 1.28. The summed E-state index contributed by atoms with van der Waals surface area (Å²) in [6, 6.07) is 0.676. The van der Waals surface area contributed by atoms with Crippen LogP contribution in [0.2, 0.25) is 0 Å². The van der Waals surface area contributed by atoms with E-state index >= 15 is 0 Å². The Morgan fingerprint density at radius 3 is 2.75 bits per heavy atom. The SMILES string of the molecule is CN1CCC[C@@H]1CN. The zero-order valence-corrected chi connectivity index (χ0v) is 5.43. The van der Waals surface area contributed by atoms with Crippen molar-refractivity contribution in [2.75, 3.05) is 20.1 Å². The maximum atomic E-state index is 5.48. The van der Waals surface area contributed by atoms with Crippen LogP contribution in [0.1, 0.15) is 12.8 Å². The molecule has 2 heteroatoms. The molecular weight excluding hydrogens is 100 g/mol. The summed E-state index contributed by atoms with van der Waals surface area (Å²) < 4.78 is 0. The van der Waals surface area contributed by atoms with E-state index in [0.717, 1.165) is 6.54 Å². The number of likely N-dealkylation sites (tertiary alicyclic amines) is 1. The van der Waals surface area contributed by atoms with E-state index in [4.69, 9.17) is 5.73 Å².